The Morgan fingerprint density at radius 2 is 2.04 bits per heavy atom. The highest BCUT2D eigenvalue weighted by Gasteiger charge is 2.59. The SMILES string of the molecule is COc1ccc([N+](=O)[O-])c(C(=O)N2CCC3(CC2)CC3C(=O)O)c1. The number of aliphatic carboxylic acids is 1. The molecular formula is C16H18N2O6. The van der Waals surface area contributed by atoms with Crippen LogP contribution in [0.5, 0.6) is 5.75 Å². The molecule has 0 radical (unpaired) electrons. The largest absolute Gasteiger partial charge is 0.497 e. The smallest absolute Gasteiger partial charge is 0.307 e. The molecule has 1 heterocycles. The summed E-state index contributed by atoms with van der Waals surface area (Å²) in [7, 11) is 1.43. The Bertz CT molecular complexity index is 709. The van der Waals surface area contributed by atoms with E-state index in [2.05, 4.69) is 0 Å². The van der Waals surface area contributed by atoms with Crippen LogP contribution < -0.4 is 4.74 Å². The van der Waals surface area contributed by atoms with Gasteiger partial charge in [0.25, 0.3) is 11.6 Å². The lowest BCUT2D eigenvalue weighted by atomic mass is 9.90. The number of ether oxygens (including phenoxy) is 1. The number of hydrogen-bond acceptors (Lipinski definition) is 5. The summed E-state index contributed by atoms with van der Waals surface area (Å²) < 4.78 is 5.05. The first-order valence-corrected chi connectivity index (χ1v) is 7.72. The zero-order chi connectivity index (χ0) is 17.5. The van der Waals surface area contributed by atoms with Crippen molar-refractivity contribution < 1.29 is 24.4 Å². The summed E-state index contributed by atoms with van der Waals surface area (Å²) >= 11 is 0. The maximum atomic E-state index is 12.7. The van der Waals surface area contributed by atoms with Crippen LogP contribution in [0.15, 0.2) is 18.2 Å². The van der Waals surface area contributed by atoms with Crippen molar-refractivity contribution in [1.82, 2.24) is 4.90 Å². The number of likely N-dealkylation sites (tertiary alicyclic amines) is 1. The Kier molecular flexibility index (Phi) is 3.90. The summed E-state index contributed by atoms with van der Waals surface area (Å²) in [5.74, 6) is -1.13. The summed E-state index contributed by atoms with van der Waals surface area (Å²) in [4.78, 5) is 35.9. The summed E-state index contributed by atoms with van der Waals surface area (Å²) in [6, 6.07) is 4.09. The zero-order valence-electron chi connectivity index (χ0n) is 13.2. The van der Waals surface area contributed by atoms with Crippen molar-refractivity contribution in [3.63, 3.8) is 0 Å². The number of carboxylic acid groups (broad SMARTS) is 1. The molecule has 1 aliphatic heterocycles. The highest BCUT2D eigenvalue weighted by molar-refractivity contribution is 5.98. The lowest BCUT2D eigenvalue weighted by molar-refractivity contribution is -0.385. The minimum absolute atomic E-state index is 0.000816. The molecule has 2 aliphatic rings. The average Bonchev–Trinajstić information content (AvgIpc) is 3.28. The molecule has 2 fully saturated rings. The van der Waals surface area contributed by atoms with Crippen LogP contribution in [0.2, 0.25) is 0 Å². The molecule has 8 heteroatoms. The van der Waals surface area contributed by atoms with Gasteiger partial charge in [0.05, 0.1) is 18.0 Å². The molecule has 1 aromatic rings. The number of rotatable bonds is 4. The van der Waals surface area contributed by atoms with Gasteiger partial charge in [0, 0.05) is 19.2 Å². The fourth-order valence-corrected chi connectivity index (χ4v) is 3.55. The van der Waals surface area contributed by atoms with E-state index in [9.17, 15) is 19.7 Å². The molecule has 1 atom stereocenters. The third-order valence-electron chi connectivity index (χ3n) is 5.17. The molecule has 0 bridgehead atoms. The number of piperidine rings is 1. The van der Waals surface area contributed by atoms with Crippen molar-refractivity contribution >= 4 is 17.6 Å². The Balaban J connectivity index is 1.76. The molecule has 128 valence electrons. The Morgan fingerprint density at radius 3 is 2.54 bits per heavy atom. The van der Waals surface area contributed by atoms with Gasteiger partial charge in [-0.25, -0.2) is 0 Å². The van der Waals surface area contributed by atoms with Crippen LogP contribution in [0, 0.1) is 21.4 Å². The predicted octanol–water partition coefficient (Wildman–Crippen LogP) is 1.93. The standard InChI is InChI=1S/C16H18N2O6/c1-24-10-2-3-13(18(22)23)11(8-10)14(19)17-6-4-16(5-7-17)9-12(16)15(20)21/h2-3,8,12H,4-7,9H2,1H3,(H,20,21). The van der Waals surface area contributed by atoms with Crippen molar-refractivity contribution in [2.24, 2.45) is 11.3 Å². The second-order valence-electron chi connectivity index (χ2n) is 6.39. The number of carbonyl (C=O) groups is 2. The van der Waals surface area contributed by atoms with Crippen LogP contribution in [-0.4, -0.2) is 47.0 Å². The molecule has 1 saturated carbocycles. The van der Waals surface area contributed by atoms with Crippen molar-refractivity contribution in [2.45, 2.75) is 19.3 Å². The van der Waals surface area contributed by atoms with Crippen LogP contribution in [0.4, 0.5) is 5.69 Å². The van der Waals surface area contributed by atoms with Gasteiger partial charge in [-0.1, -0.05) is 0 Å². The van der Waals surface area contributed by atoms with E-state index in [0.717, 1.165) is 0 Å². The molecule has 3 rings (SSSR count). The lowest BCUT2D eigenvalue weighted by Gasteiger charge is -2.32. The van der Waals surface area contributed by atoms with Crippen molar-refractivity contribution in [1.29, 1.82) is 0 Å². The molecule has 1 aliphatic carbocycles. The van der Waals surface area contributed by atoms with E-state index in [1.54, 1.807) is 4.90 Å². The summed E-state index contributed by atoms with van der Waals surface area (Å²) in [6.45, 7) is 0.827. The highest BCUT2D eigenvalue weighted by Crippen LogP contribution is 2.59. The molecule has 1 N–H and O–H groups in total. The topological polar surface area (TPSA) is 110 Å². The van der Waals surface area contributed by atoms with Crippen LogP contribution >= 0.6 is 0 Å². The second-order valence-corrected chi connectivity index (χ2v) is 6.39. The zero-order valence-corrected chi connectivity index (χ0v) is 13.2. The molecule has 1 spiro atoms. The van der Waals surface area contributed by atoms with E-state index < -0.39 is 16.8 Å². The van der Waals surface area contributed by atoms with E-state index in [1.165, 1.54) is 25.3 Å². The predicted molar refractivity (Wildman–Crippen MR) is 83.0 cm³/mol. The van der Waals surface area contributed by atoms with Gasteiger partial charge in [-0.15, -0.1) is 0 Å². The molecule has 1 aromatic carbocycles. The second kappa shape index (κ2) is 5.77. The van der Waals surface area contributed by atoms with E-state index in [1.807, 2.05) is 0 Å². The Labute approximate surface area is 138 Å². The number of amides is 1. The number of benzene rings is 1. The van der Waals surface area contributed by atoms with E-state index in [4.69, 9.17) is 9.84 Å². The third-order valence-corrected chi connectivity index (χ3v) is 5.17. The molecular weight excluding hydrogens is 316 g/mol. The number of nitrogens with zero attached hydrogens (tertiary/aromatic N) is 2. The normalized spacial score (nSPS) is 21.4. The van der Waals surface area contributed by atoms with E-state index in [0.29, 0.717) is 38.1 Å². The Hall–Kier alpha value is -2.64. The van der Waals surface area contributed by atoms with Gasteiger partial charge in [0.15, 0.2) is 0 Å². The van der Waals surface area contributed by atoms with Crippen molar-refractivity contribution in [3.8, 4) is 5.75 Å². The number of carbonyl (C=O) groups excluding carboxylic acids is 1. The molecule has 24 heavy (non-hydrogen) atoms. The van der Waals surface area contributed by atoms with Gasteiger partial charge < -0.3 is 14.7 Å². The van der Waals surface area contributed by atoms with E-state index in [-0.39, 0.29) is 22.6 Å². The minimum atomic E-state index is -0.779. The monoisotopic (exact) mass is 334 g/mol. The van der Waals surface area contributed by atoms with Gasteiger partial charge in [0.1, 0.15) is 11.3 Å². The van der Waals surface area contributed by atoms with E-state index >= 15 is 0 Å². The summed E-state index contributed by atoms with van der Waals surface area (Å²) in [5, 5.41) is 20.3. The fraction of sp³-hybridized carbons (Fsp3) is 0.500. The highest BCUT2D eigenvalue weighted by atomic mass is 16.6. The first kappa shape index (κ1) is 16.2. The van der Waals surface area contributed by atoms with Gasteiger partial charge in [0.2, 0.25) is 0 Å². The van der Waals surface area contributed by atoms with Gasteiger partial charge in [-0.3, -0.25) is 19.7 Å². The quantitative estimate of drug-likeness (QED) is 0.665. The fourth-order valence-electron chi connectivity index (χ4n) is 3.55. The van der Waals surface area contributed by atoms with Crippen LogP contribution in [0.25, 0.3) is 0 Å². The molecule has 1 unspecified atom stereocenters. The Morgan fingerprint density at radius 1 is 1.38 bits per heavy atom. The van der Waals surface area contributed by atoms with Gasteiger partial charge in [-0.2, -0.15) is 0 Å². The van der Waals surface area contributed by atoms with Crippen molar-refractivity contribution in [3.05, 3.63) is 33.9 Å². The summed E-state index contributed by atoms with van der Waals surface area (Å²) in [6.07, 6.45) is 1.89. The minimum Gasteiger partial charge on any atom is -0.497 e. The molecule has 1 amide bonds. The van der Waals surface area contributed by atoms with Gasteiger partial charge >= 0.3 is 5.97 Å². The maximum absolute atomic E-state index is 12.7. The summed E-state index contributed by atoms with van der Waals surface area (Å²) in [5.41, 5.74) is -0.445. The lowest BCUT2D eigenvalue weighted by Crippen LogP contribution is -2.40. The van der Waals surface area contributed by atoms with Crippen LogP contribution in [0.1, 0.15) is 29.6 Å². The van der Waals surface area contributed by atoms with Gasteiger partial charge in [-0.05, 0) is 36.8 Å². The van der Waals surface area contributed by atoms with Crippen molar-refractivity contribution in [2.75, 3.05) is 20.2 Å². The van der Waals surface area contributed by atoms with Crippen LogP contribution in [-0.2, 0) is 4.79 Å². The molecule has 8 nitrogen and oxygen atoms in total. The number of nitro groups is 1. The number of nitro benzene ring substituents is 1. The number of carboxylic acids is 1. The first-order valence-electron chi connectivity index (χ1n) is 7.72. The first-order chi connectivity index (χ1) is 11.4. The molecule has 1 saturated heterocycles. The van der Waals surface area contributed by atoms with Crippen LogP contribution in [0.3, 0.4) is 0 Å². The molecule has 0 aromatic heterocycles. The maximum Gasteiger partial charge on any atom is 0.307 e. The third kappa shape index (κ3) is 2.68. The number of hydrogen-bond donors (Lipinski definition) is 1. The number of methoxy groups -OCH3 is 1. The average molecular weight is 334 g/mol.